The van der Waals surface area contributed by atoms with Gasteiger partial charge in [-0.25, -0.2) is 9.66 Å². The van der Waals surface area contributed by atoms with Gasteiger partial charge in [0.2, 0.25) is 0 Å². The predicted octanol–water partition coefficient (Wildman–Crippen LogP) is 1.67. The van der Waals surface area contributed by atoms with Crippen LogP contribution in [0.4, 0.5) is 0 Å². The number of nitrogens with one attached hydrogen (secondary N) is 1. The summed E-state index contributed by atoms with van der Waals surface area (Å²) in [6.45, 7) is 7.32. The lowest BCUT2D eigenvalue weighted by Gasteiger charge is -2.32. The molecule has 25 heavy (non-hydrogen) atoms. The van der Waals surface area contributed by atoms with Gasteiger partial charge in [-0.2, -0.15) is 0 Å². The smallest absolute Gasteiger partial charge is 0.128 e. The van der Waals surface area contributed by atoms with Gasteiger partial charge in [-0.05, 0) is 37.7 Å². The number of rotatable bonds is 5. The monoisotopic (exact) mass is 341 g/mol. The van der Waals surface area contributed by atoms with E-state index in [1.54, 1.807) is 0 Å². The maximum atomic E-state index is 5.93. The number of hydrogen-bond donors (Lipinski definition) is 1. The van der Waals surface area contributed by atoms with Gasteiger partial charge < -0.3 is 15.1 Å². The van der Waals surface area contributed by atoms with Crippen LogP contribution in [0.3, 0.4) is 0 Å². The molecule has 0 bridgehead atoms. The summed E-state index contributed by atoms with van der Waals surface area (Å²) in [6.07, 6.45) is 4.15. The fourth-order valence-corrected chi connectivity index (χ4v) is 3.47. The number of hydrogen-bond acceptors (Lipinski definition) is 5. The first-order chi connectivity index (χ1) is 12.3. The molecular formula is C19H27N5O. The number of aromatic nitrogens is 2. The van der Waals surface area contributed by atoms with Gasteiger partial charge in [0, 0.05) is 51.3 Å². The van der Waals surface area contributed by atoms with Crippen LogP contribution >= 0.6 is 0 Å². The van der Waals surface area contributed by atoms with Crippen LogP contribution < -0.4 is 10.2 Å². The Kier molecular flexibility index (Phi) is 4.90. The number of aryl methyl sites for hydroxylation is 1. The van der Waals surface area contributed by atoms with Crippen LogP contribution in [-0.2, 0) is 6.42 Å². The largest absolute Gasteiger partial charge is 0.492 e. The highest BCUT2D eigenvalue weighted by Gasteiger charge is 2.15. The topological polar surface area (TPSA) is 45.6 Å². The lowest BCUT2D eigenvalue weighted by molar-refractivity contribution is 0.134. The molecule has 0 spiro atoms. The highest BCUT2D eigenvalue weighted by Crippen LogP contribution is 2.24. The van der Waals surface area contributed by atoms with Crippen molar-refractivity contribution in [3.05, 3.63) is 36.3 Å². The second kappa shape index (κ2) is 7.45. The minimum Gasteiger partial charge on any atom is -0.492 e. The molecule has 2 aromatic rings. The van der Waals surface area contributed by atoms with Crippen LogP contribution in [0.2, 0.25) is 0 Å². The first kappa shape index (κ1) is 16.4. The number of piperazine rings is 1. The molecule has 4 rings (SSSR count). The van der Waals surface area contributed by atoms with Gasteiger partial charge in [0.05, 0.1) is 11.9 Å². The molecule has 0 amide bonds. The lowest BCUT2D eigenvalue weighted by Crippen LogP contribution is -2.45. The molecule has 1 N–H and O–H groups in total. The molecule has 6 nitrogen and oxygen atoms in total. The standard InChI is InChI=1S/C19H27N5O/c1-22-9-11-23(12-10-22)13-14-25-17-6-4-16(5-7-17)18-15-20-19-3-2-8-21-24(18)19/h4-7,15,21H,2-3,8-14H2,1H3. The third-order valence-corrected chi connectivity index (χ3v) is 5.10. The summed E-state index contributed by atoms with van der Waals surface area (Å²) in [7, 11) is 2.18. The first-order valence-corrected chi connectivity index (χ1v) is 9.24. The van der Waals surface area contributed by atoms with E-state index in [9.17, 15) is 0 Å². The molecule has 0 saturated carbocycles. The second-order valence-electron chi connectivity index (χ2n) is 6.92. The van der Waals surface area contributed by atoms with Crippen LogP contribution in [0.15, 0.2) is 30.5 Å². The van der Waals surface area contributed by atoms with Crippen molar-refractivity contribution in [3.63, 3.8) is 0 Å². The quantitative estimate of drug-likeness (QED) is 0.896. The molecule has 6 heteroatoms. The van der Waals surface area contributed by atoms with E-state index in [2.05, 4.69) is 56.2 Å². The van der Waals surface area contributed by atoms with Gasteiger partial charge in [0.15, 0.2) is 0 Å². The van der Waals surface area contributed by atoms with Crippen molar-refractivity contribution < 1.29 is 4.74 Å². The number of fused-ring (bicyclic) bond motifs is 1. The molecule has 0 radical (unpaired) electrons. The van der Waals surface area contributed by atoms with E-state index in [1.807, 2.05) is 6.20 Å². The van der Waals surface area contributed by atoms with Gasteiger partial charge in [-0.3, -0.25) is 4.90 Å². The molecule has 0 aliphatic carbocycles. The minimum atomic E-state index is 0.743. The van der Waals surface area contributed by atoms with Crippen LogP contribution in [-0.4, -0.2) is 72.4 Å². The summed E-state index contributed by atoms with van der Waals surface area (Å²) in [5, 5.41) is 0. The van der Waals surface area contributed by atoms with Gasteiger partial charge in [-0.15, -0.1) is 0 Å². The Bertz CT molecular complexity index is 688. The fourth-order valence-electron chi connectivity index (χ4n) is 3.47. The van der Waals surface area contributed by atoms with Crippen molar-refractivity contribution >= 4 is 0 Å². The normalized spacial score (nSPS) is 18.6. The number of likely N-dealkylation sites (N-methyl/N-ethyl adjacent to an activating group) is 1. The van der Waals surface area contributed by atoms with Crippen molar-refractivity contribution in [2.24, 2.45) is 0 Å². The van der Waals surface area contributed by atoms with E-state index < -0.39 is 0 Å². The van der Waals surface area contributed by atoms with Crippen LogP contribution in [0, 0.1) is 0 Å². The van der Waals surface area contributed by atoms with Crippen molar-refractivity contribution in [2.75, 3.05) is 58.3 Å². The summed E-state index contributed by atoms with van der Waals surface area (Å²) < 4.78 is 8.05. The molecule has 2 aliphatic rings. The summed E-state index contributed by atoms with van der Waals surface area (Å²) >= 11 is 0. The third kappa shape index (κ3) is 3.80. The number of benzene rings is 1. The number of nitrogens with zero attached hydrogens (tertiary/aromatic N) is 4. The Balaban J connectivity index is 1.32. The summed E-state index contributed by atoms with van der Waals surface area (Å²) in [4.78, 5) is 9.37. The van der Waals surface area contributed by atoms with Crippen molar-refractivity contribution in [1.82, 2.24) is 19.5 Å². The van der Waals surface area contributed by atoms with Crippen LogP contribution in [0.25, 0.3) is 11.3 Å². The third-order valence-electron chi connectivity index (χ3n) is 5.10. The molecule has 0 atom stereocenters. The average Bonchev–Trinajstić information content (AvgIpc) is 3.08. The van der Waals surface area contributed by atoms with E-state index in [4.69, 9.17) is 4.74 Å². The zero-order chi connectivity index (χ0) is 17.1. The molecular weight excluding hydrogens is 314 g/mol. The SMILES string of the molecule is CN1CCN(CCOc2ccc(-c3cnc4n3NCCC4)cc2)CC1. The predicted molar refractivity (Wildman–Crippen MR) is 99.6 cm³/mol. The highest BCUT2D eigenvalue weighted by atomic mass is 16.5. The van der Waals surface area contributed by atoms with Gasteiger partial charge >= 0.3 is 0 Å². The first-order valence-electron chi connectivity index (χ1n) is 9.24. The Morgan fingerprint density at radius 1 is 1.12 bits per heavy atom. The van der Waals surface area contributed by atoms with E-state index in [0.29, 0.717) is 0 Å². The molecule has 1 aromatic carbocycles. The summed E-state index contributed by atoms with van der Waals surface area (Å²) in [6, 6.07) is 8.35. The Morgan fingerprint density at radius 3 is 2.72 bits per heavy atom. The van der Waals surface area contributed by atoms with E-state index in [0.717, 1.165) is 76.0 Å². The Labute approximate surface area is 149 Å². The molecule has 134 valence electrons. The number of imidazole rings is 1. The molecule has 1 aromatic heterocycles. The van der Waals surface area contributed by atoms with Gasteiger partial charge in [0.25, 0.3) is 0 Å². The zero-order valence-corrected chi connectivity index (χ0v) is 14.9. The summed E-state index contributed by atoms with van der Waals surface area (Å²) in [5.41, 5.74) is 5.70. The lowest BCUT2D eigenvalue weighted by atomic mass is 10.1. The Hall–Kier alpha value is -2.05. The van der Waals surface area contributed by atoms with Crippen molar-refractivity contribution in [2.45, 2.75) is 12.8 Å². The van der Waals surface area contributed by atoms with E-state index >= 15 is 0 Å². The molecule has 1 fully saturated rings. The molecule has 0 unspecified atom stereocenters. The van der Waals surface area contributed by atoms with E-state index in [1.165, 1.54) is 5.56 Å². The van der Waals surface area contributed by atoms with Crippen LogP contribution in [0.1, 0.15) is 12.2 Å². The molecule has 3 heterocycles. The average molecular weight is 341 g/mol. The molecule has 1 saturated heterocycles. The maximum Gasteiger partial charge on any atom is 0.128 e. The van der Waals surface area contributed by atoms with E-state index in [-0.39, 0.29) is 0 Å². The van der Waals surface area contributed by atoms with Gasteiger partial charge in [0.1, 0.15) is 18.2 Å². The zero-order valence-electron chi connectivity index (χ0n) is 14.9. The van der Waals surface area contributed by atoms with Crippen LogP contribution in [0.5, 0.6) is 5.75 Å². The van der Waals surface area contributed by atoms with Crippen molar-refractivity contribution in [3.8, 4) is 17.0 Å². The summed E-state index contributed by atoms with van der Waals surface area (Å²) in [5.74, 6) is 2.05. The van der Waals surface area contributed by atoms with Crippen molar-refractivity contribution in [1.29, 1.82) is 0 Å². The molecule has 2 aliphatic heterocycles. The maximum absolute atomic E-state index is 5.93. The second-order valence-corrected chi connectivity index (χ2v) is 6.92. The highest BCUT2D eigenvalue weighted by molar-refractivity contribution is 5.61. The number of ether oxygens (including phenoxy) is 1. The fraction of sp³-hybridized carbons (Fsp3) is 0.526. The van der Waals surface area contributed by atoms with Gasteiger partial charge in [-0.1, -0.05) is 0 Å². The minimum absolute atomic E-state index is 0.743. The Morgan fingerprint density at radius 2 is 1.92 bits per heavy atom.